The minimum absolute atomic E-state index is 0.0684. The molecule has 4 rings (SSSR count). The van der Waals surface area contributed by atoms with Gasteiger partial charge in [-0.15, -0.1) is 0 Å². The van der Waals surface area contributed by atoms with Crippen molar-refractivity contribution >= 4 is 33.0 Å². The number of para-hydroxylation sites is 2. The number of anilines is 3. The molecule has 0 saturated carbocycles. The Hall–Kier alpha value is -2.78. The third-order valence-corrected chi connectivity index (χ3v) is 6.58. The number of benzene rings is 2. The molecule has 2 aliphatic heterocycles. The van der Waals surface area contributed by atoms with Crippen LogP contribution in [0.1, 0.15) is 0 Å². The Labute approximate surface area is 177 Å². The highest BCUT2D eigenvalue weighted by molar-refractivity contribution is 7.92. The molecule has 0 unspecified atom stereocenters. The molecule has 0 bridgehead atoms. The number of fused-ring (bicyclic) bond motifs is 1. The van der Waals surface area contributed by atoms with Gasteiger partial charge in [0, 0.05) is 37.6 Å². The van der Waals surface area contributed by atoms with E-state index in [-0.39, 0.29) is 12.5 Å². The maximum atomic E-state index is 12.8. The Kier molecular flexibility index (Phi) is 5.57. The number of carbonyl (C=O) groups is 1. The number of hydrogen-bond donors (Lipinski definition) is 1. The van der Waals surface area contributed by atoms with Crippen molar-refractivity contribution in [1.82, 2.24) is 4.90 Å². The summed E-state index contributed by atoms with van der Waals surface area (Å²) in [6.07, 6.45) is 0.188. The van der Waals surface area contributed by atoms with Crippen molar-refractivity contribution in [3.63, 3.8) is 0 Å². The lowest BCUT2D eigenvalue weighted by Gasteiger charge is -2.34. The van der Waals surface area contributed by atoms with Crippen LogP contribution in [0.2, 0.25) is 0 Å². The monoisotopic (exact) mass is 430 g/mol. The smallest absolute Gasteiger partial charge is 0.267 e. The van der Waals surface area contributed by atoms with Gasteiger partial charge < -0.3 is 19.9 Å². The molecular formula is C21H26N4O4S. The number of nitrogens with zero attached hydrogens (tertiary/aromatic N) is 3. The van der Waals surface area contributed by atoms with Gasteiger partial charge in [-0.2, -0.15) is 0 Å². The Morgan fingerprint density at radius 1 is 1.03 bits per heavy atom. The average Bonchev–Trinajstić information content (AvgIpc) is 2.73. The Morgan fingerprint density at radius 2 is 1.70 bits per heavy atom. The molecule has 30 heavy (non-hydrogen) atoms. The van der Waals surface area contributed by atoms with Crippen LogP contribution in [0.3, 0.4) is 0 Å². The normalized spacial score (nSPS) is 19.7. The van der Waals surface area contributed by atoms with Gasteiger partial charge in [0.2, 0.25) is 10.0 Å². The van der Waals surface area contributed by atoms with Crippen molar-refractivity contribution < 1.29 is 17.9 Å². The zero-order valence-corrected chi connectivity index (χ0v) is 17.9. The summed E-state index contributed by atoms with van der Waals surface area (Å²) in [5, 5.41) is 2.84. The molecule has 1 amide bonds. The number of ether oxygens (including phenoxy) is 1. The zero-order chi connectivity index (χ0) is 21.3. The largest absolute Gasteiger partial charge is 0.476 e. The number of amides is 1. The van der Waals surface area contributed by atoms with E-state index in [1.807, 2.05) is 24.3 Å². The van der Waals surface area contributed by atoms with Crippen LogP contribution in [0.5, 0.6) is 5.75 Å². The van der Waals surface area contributed by atoms with Crippen molar-refractivity contribution in [2.75, 3.05) is 60.5 Å². The van der Waals surface area contributed by atoms with Crippen LogP contribution >= 0.6 is 0 Å². The molecule has 2 aromatic carbocycles. The summed E-state index contributed by atoms with van der Waals surface area (Å²) in [5.74, 6) is -0.00904. The van der Waals surface area contributed by atoms with E-state index in [2.05, 4.69) is 22.2 Å². The summed E-state index contributed by atoms with van der Waals surface area (Å²) < 4.78 is 31.4. The summed E-state index contributed by atoms with van der Waals surface area (Å²) in [6.45, 7) is 3.92. The van der Waals surface area contributed by atoms with E-state index in [1.54, 1.807) is 24.3 Å². The summed E-state index contributed by atoms with van der Waals surface area (Å²) in [7, 11) is -1.42. The van der Waals surface area contributed by atoms with Crippen LogP contribution in [0, 0.1) is 0 Å². The average molecular weight is 431 g/mol. The van der Waals surface area contributed by atoms with Gasteiger partial charge in [-0.25, -0.2) is 8.42 Å². The van der Waals surface area contributed by atoms with Crippen molar-refractivity contribution in [2.45, 2.75) is 6.10 Å². The van der Waals surface area contributed by atoms with E-state index in [0.29, 0.717) is 17.1 Å². The molecular weight excluding hydrogens is 404 g/mol. The molecule has 0 spiro atoms. The molecule has 2 aliphatic rings. The highest BCUT2D eigenvalue weighted by Crippen LogP contribution is 2.34. The maximum absolute atomic E-state index is 12.8. The second-order valence-electron chi connectivity index (χ2n) is 7.69. The van der Waals surface area contributed by atoms with Crippen molar-refractivity contribution in [3.8, 4) is 5.75 Å². The minimum Gasteiger partial charge on any atom is -0.476 e. The van der Waals surface area contributed by atoms with E-state index in [4.69, 9.17) is 4.74 Å². The molecule has 0 aromatic heterocycles. The number of likely N-dealkylation sites (N-methyl/N-ethyl adjacent to an activating group) is 1. The lowest BCUT2D eigenvalue weighted by Crippen LogP contribution is -2.48. The van der Waals surface area contributed by atoms with E-state index in [9.17, 15) is 13.2 Å². The standard InChI is InChI=1S/C21H26N4O4S/c1-23-11-13-24(14-12-23)17-9-7-16(8-10-17)22-21(26)20-15-25(30(2,27)28)18-5-3-4-6-19(18)29-20/h3-10,20H,11-15H2,1-2H3,(H,22,26)/t20-/m0/s1. The van der Waals surface area contributed by atoms with Crippen LogP contribution in [0.4, 0.5) is 17.1 Å². The SMILES string of the molecule is CN1CCN(c2ccc(NC(=O)[C@@H]3CN(S(C)(=O)=O)c4ccccc4O3)cc2)CC1. The first-order valence-electron chi connectivity index (χ1n) is 9.89. The zero-order valence-electron chi connectivity index (χ0n) is 17.1. The topological polar surface area (TPSA) is 82.2 Å². The fourth-order valence-electron chi connectivity index (χ4n) is 3.70. The number of nitrogens with one attached hydrogen (secondary N) is 1. The fourth-order valence-corrected chi connectivity index (χ4v) is 4.61. The van der Waals surface area contributed by atoms with Gasteiger partial charge in [0.05, 0.1) is 18.5 Å². The van der Waals surface area contributed by atoms with Crippen LogP contribution in [0.25, 0.3) is 0 Å². The number of carbonyl (C=O) groups excluding carboxylic acids is 1. The van der Waals surface area contributed by atoms with Crippen LogP contribution in [0.15, 0.2) is 48.5 Å². The maximum Gasteiger partial charge on any atom is 0.267 e. The molecule has 1 atom stereocenters. The predicted octanol–water partition coefficient (Wildman–Crippen LogP) is 1.60. The van der Waals surface area contributed by atoms with Crippen molar-refractivity contribution in [3.05, 3.63) is 48.5 Å². The molecule has 1 fully saturated rings. The van der Waals surface area contributed by atoms with Gasteiger partial charge in [0.25, 0.3) is 5.91 Å². The van der Waals surface area contributed by atoms with Gasteiger partial charge in [-0.1, -0.05) is 12.1 Å². The molecule has 9 heteroatoms. The molecule has 0 radical (unpaired) electrons. The lowest BCUT2D eigenvalue weighted by atomic mass is 10.2. The van der Waals surface area contributed by atoms with E-state index in [0.717, 1.165) is 38.1 Å². The van der Waals surface area contributed by atoms with Crippen molar-refractivity contribution in [2.24, 2.45) is 0 Å². The highest BCUT2D eigenvalue weighted by Gasteiger charge is 2.34. The number of rotatable bonds is 4. The number of sulfonamides is 1. The first kappa shape index (κ1) is 20.5. The Balaban J connectivity index is 1.45. The number of piperazine rings is 1. The van der Waals surface area contributed by atoms with Crippen molar-refractivity contribution in [1.29, 1.82) is 0 Å². The molecule has 1 N–H and O–H groups in total. The quantitative estimate of drug-likeness (QED) is 0.794. The highest BCUT2D eigenvalue weighted by atomic mass is 32.2. The second-order valence-corrected chi connectivity index (χ2v) is 9.60. The molecule has 2 heterocycles. The molecule has 160 valence electrons. The first-order chi connectivity index (χ1) is 14.3. The predicted molar refractivity (Wildman–Crippen MR) is 118 cm³/mol. The number of hydrogen-bond acceptors (Lipinski definition) is 6. The van der Waals surface area contributed by atoms with E-state index in [1.165, 1.54) is 4.31 Å². The van der Waals surface area contributed by atoms with Gasteiger partial charge in [-0.05, 0) is 43.4 Å². The summed E-state index contributed by atoms with van der Waals surface area (Å²) >= 11 is 0. The summed E-state index contributed by atoms with van der Waals surface area (Å²) in [5.41, 5.74) is 2.21. The van der Waals surface area contributed by atoms with Gasteiger partial charge >= 0.3 is 0 Å². The van der Waals surface area contributed by atoms with Crippen LogP contribution in [-0.4, -0.2) is 71.4 Å². The summed E-state index contributed by atoms with van der Waals surface area (Å²) in [6, 6.07) is 14.5. The molecule has 0 aliphatic carbocycles. The van der Waals surface area contributed by atoms with Crippen LogP contribution < -0.4 is 19.3 Å². The lowest BCUT2D eigenvalue weighted by molar-refractivity contribution is -0.122. The third kappa shape index (κ3) is 4.36. The molecule has 2 aromatic rings. The molecule has 8 nitrogen and oxygen atoms in total. The first-order valence-corrected chi connectivity index (χ1v) is 11.7. The van der Waals surface area contributed by atoms with Crippen LogP contribution in [-0.2, 0) is 14.8 Å². The van der Waals surface area contributed by atoms with Gasteiger partial charge in [0.15, 0.2) is 6.10 Å². The third-order valence-electron chi connectivity index (χ3n) is 5.43. The van der Waals surface area contributed by atoms with Gasteiger partial charge in [0.1, 0.15) is 5.75 Å². The Morgan fingerprint density at radius 3 is 2.37 bits per heavy atom. The fraction of sp³-hybridized carbons (Fsp3) is 0.381. The van der Waals surface area contributed by atoms with E-state index >= 15 is 0 Å². The van der Waals surface area contributed by atoms with E-state index < -0.39 is 16.1 Å². The van der Waals surface area contributed by atoms with Gasteiger partial charge in [-0.3, -0.25) is 9.10 Å². The minimum atomic E-state index is -3.54. The Bertz CT molecular complexity index is 1020. The molecule has 1 saturated heterocycles. The second kappa shape index (κ2) is 8.16. The summed E-state index contributed by atoms with van der Waals surface area (Å²) in [4.78, 5) is 17.4.